The molecular formula is C19H20F2N2O4S. The number of fused-ring (bicyclic) bond motifs is 1. The van der Waals surface area contributed by atoms with Gasteiger partial charge in [0.1, 0.15) is 6.26 Å². The monoisotopic (exact) mass is 410 g/mol. The van der Waals surface area contributed by atoms with Gasteiger partial charge >= 0.3 is 11.9 Å². The van der Waals surface area contributed by atoms with Gasteiger partial charge in [0.25, 0.3) is 0 Å². The molecule has 1 atom stereocenters. The smallest absolute Gasteiger partial charge is 0.360 e. The molecule has 0 spiro atoms. The number of alkyl halides is 2. The van der Waals surface area contributed by atoms with Crippen molar-refractivity contribution in [2.75, 3.05) is 0 Å². The van der Waals surface area contributed by atoms with Crippen LogP contribution in [0.1, 0.15) is 48.6 Å². The summed E-state index contributed by atoms with van der Waals surface area (Å²) in [6, 6.07) is 5.78. The lowest BCUT2D eigenvalue weighted by atomic mass is 10.1. The molecule has 0 saturated heterocycles. The van der Waals surface area contributed by atoms with E-state index in [0.717, 1.165) is 12.8 Å². The lowest BCUT2D eigenvalue weighted by Gasteiger charge is -2.24. The Bertz CT molecular complexity index is 1040. The van der Waals surface area contributed by atoms with Gasteiger partial charge < -0.3 is 9.15 Å². The third-order valence-corrected chi connectivity index (χ3v) is 7.29. The summed E-state index contributed by atoms with van der Waals surface area (Å²) in [5.74, 6) is -3.77. The summed E-state index contributed by atoms with van der Waals surface area (Å²) >= 11 is 0. The molecule has 0 amide bonds. The highest BCUT2D eigenvalue weighted by atomic mass is 32.2. The largest absolute Gasteiger partial charge is 0.458 e. The fraction of sp³-hybridized carbons (Fsp3) is 0.421. The van der Waals surface area contributed by atoms with Crippen molar-refractivity contribution >= 4 is 21.0 Å². The first-order chi connectivity index (χ1) is 13.2. The fourth-order valence-electron chi connectivity index (χ4n) is 3.21. The quantitative estimate of drug-likeness (QED) is 0.539. The summed E-state index contributed by atoms with van der Waals surface area (Å²) in [7, 11) is -3.28. The zero-order chi connectivity index (χ0) is 20.1. The molecule has 2 heterocycles. The highest BCUT2D eigenvalue weighted by Gasteiger charge is 2.47. The summed E-state index contributed by atoms with van der Waals surface area (Å²) in [5.41, 5.74) is -0.241. The van der Waals surface area contributed by atoms with E-state index in [9.17, 15) is 17.8 Å². The minimum absolute atomic E-state index is 0.00414. The second-order valence-corrected chi connectivity index (χ2v) is 9.47. The van der Waals surface area contributed by atoms with Crippen molar-refractivity contribution in [3.05, 3.63) is 47.7 Å². The molecule has 28 heavy (non-hydrogen) atoms. The van der Waals surface area contributed by atoms with E-state index in [1.54, 1.807) is 19.9 Å². The van der Waals surface area contributed by atoms with Gasteiger partial charge in [0.2, 0.25) is 5.89 Å². The number of carbonyl (C=O) groups excluding carboxylic acids is 1. The number of esters is 1. The molecule has 1 aliphatic heterocycles. The molecule has 4 rings (SSSR count). The molecule has 2 aromatic rings. The highest BCUT2D eigenvalue weighted by molar-refractivity contribution is 7.99. The summed E-state index contributed by atoms with van der Waals surface area (Å²) in [5, 5.41) is 0.639. The van der Waals surface area contributed by atoms with Crippen molar-refractivity contribution in [2.24, 2.45) is 0 Å². The third kappa shape index (κ3) is 3.33. The van der Waals surface area contributed by atoms with E-state index in [1.165, 1.54) is 28.8 Å². The second kappa shape index (κ2) is 6.66. The number of benzene rings is 1. The lowest BCUT2D eigenvalue weighted by molar-refractivity contribution is 0.0370. The van der Waals surface area contributed by atoms with Gasteiger partial charge in [-0.15, -0.1) is 0 Å². The molecule has 0 radical (unpaired) electrons. The van der Waals surface area contributed by atoms with Crippen LogP contribution < -0.4 is 0 Å². The number of halogens is 2. The van der Waals surface area contributed by atoms with Gasteiger partial charge in [-0.2, -0.15) is 8.78 Å². The molecular weight excluding hydrogens is 390 g/mol. The molecule has 9 heteroatoms. The van der Waals surface area contributed by atoms with Crippen molar-refractivity contribution in [1.29, 1.82) is 0 Å². The van der Waals surface area contributed by atoms with E-state index >= 15 is 0 Å². The Morgan fingerprint density at radius 1 is 1.39 bits per heavy atom. The predicted molar refractivity (Wildman–Crippen MR) is 98.4 cm³/mol. The average Bonchev–Trinajstić information content (AvgIpc) is 3.30. The molecule has 1 aromatic carbocycles. The van der Waals surface area contributed by atoms with Crippen molar-refractivity contribution < 1.29 is 26.9 Å². The first-order valence-electron chi connectivity index (χ1n) is 9.00. The van der Waals surface area contributed by atoms with Crippen LogP contribution in [0.2, 0.25) is 0 Å². The van der Waals surface area contributed by atoms with E-state index in [1.807, 2.05) is 0 Å². The lowest BCUT2D eigenvalue weighted by Crippen LogP contribution is -2.33. The molecule has 1 fully saturated rings. The topological polar surface area (TPSA) is 72.6 Å². The number of carbonyl (C=O) groups is 1. The van der Waals surface area contributed by atoms with E-state index in [-0.39, 0.29) is 40.7 Å². The van der Waals surface area contributed by atoms with Gasteiger partial charge in [-0.25, -0.2) is 18.3 Å². The van der Waals surface area contributed by atoms with Crippen LogP contribution in [0.5, 0.6) is 0 Å². The first-order valence-corrected chi connectivity index (χ1v) is 10.6. The van der Waals surface area contributed by atoms with Crippen LogP contribution in [0.25, 0.3) is 0 Å². The minimum Gasteiger partial charge on any atom is -0.458 e. The number of oxazole rings is 1. The van der Waals surface area contributed by atoms with E-state index in [0.29, 0.717) is 5.37 Å². The molecule has 6 nitrogen and oxygen atoms in total. The van der Waals surface area contributed by atoms with E-state index in [4.69, 9.17) is 9.15 Å². The Balaban J connectivity index is 1.66. The molecule has 1 unspecified atom stereocenters. The Morgan fingerprint density at radius 3 is 2.79 bits per heavy atom. The maximum atomic E-state index is 14.5. The predicted octanol–water partition coefficient (Wildman–Crippen LogP) is 3.37. The average molecular weight is 410 g/mol. The number of hydrogen-bond donors (Lipinski definition) is 0. The Kier molecular flexibility index (Phi) is 4.54. The van der Waals surface area contributed by atoms with Crippen molar-refractivity contribution in [1.82, 2.24) is 9.29 Å². The maximum Gasteiger partial charge on any atom is 0.360 e. The molecule has 2 aliphatic rings. The van der Waals surface area contributed by atoms with E-state index < -0.39 is 21.6 Å². The minimum atomic E-state index is -3.28. The normalized spacial score (nSPS) is 22.9. The van der Waals surface area contributed by atoms with Gasteiger partial charge in [0.05, 0.1) is 32.6 Å². The van der Waals surface area contributed by atoms with Crippen molar-refractivity contribution in [3.63, 3.8) is 0 Å². The fourth-order valence-corrected chi connectivity index (χ4v) is 6.00. The van der Waals surface area contributed by atoms with Gasteiger partial charge in [-0.05, 0) is 32.8 Å². The van der Waals surface area contributed by atoms with Crippen LogP contribution in [0.3, 0.4) is 0 Å². The van der Waals surface area contributed by atoms with Crippen molar-refractivity contribution in [2.45, 2.75) is 56.2 Å². The van der Waals surface area contributed by atoms with Crippen LogP contribution in [0.4, 0.5) is 8.78 Å². The Hall–Kier alpha value is -2.26. The van der Waals surface area contributed by atoms with Crippen LogP contribution in [0, 0.1) is 0 Å². The van der Waals surface area contributed by atoms with Gasteiger partial charge in [0, 0.05) is 11.6 Å². The van der Waals surface area contributed by atoms with Gasteiger partial charge in [0.15, 0.2) is 5.69 Å². The molecule has 0 N–H and O–H groups in total. The molecule has 150 valence electrons. The summed E-state index contributed by atoms with van der Waals surface area (Å²) < 4.78 is 54.6. The molecule has 1 aromatic heterocycles. The third-order valence-electron chi connectivity index (χ3n) is 4.57. The zero-order valence-corrected chi connectivity index (χ0v) is 16.2. The highest BCUT2D eigenvalue weighted by Crippen LogP contribution is 2.43. The summed E-state index contributed by atoms with van der Waals surface area (Å²) in [4.78, 5) is 16.2. The Morgan fingerprint density at radius 2 is 2.11 bits per heavy atom. The summed E-state index contributed by atoms with van der Waals surface area (Å²) in [6.07, 6.45) is 2.36. The van der Waals surface area contributed by atoms with E-state index in [2.05, 4.69) is 4.98 Å². The zero-order valence-electron chi connectivity index (χ0n) is 15.4. The maximum absolute atomic E-state index is 14.5. The first kappa shape index (κ1) is 19.1. The van der Waals surface area contributed by atoms with Crippen molar-refractivity contribution in [3.8, 4) is 0 Å². The number of rotatable bonds is 6. The Labute approximate surface area is 161 Å². The standard InChI is InChI=1S/C19H20F2N2O4S/c1-12(2)27-18(24)15-10-26-17(22-15)9-23(13-7-8-13)28(25)11-19(20,21)14-5-3-4-6-16(14)28/h3-6,10-13H,7-9H2,1-2H3. The van der Waals surface area contributed by atoms with Gasteiger partial charge in [-0.3, -0.25) is 0 Å². The second-order valence-electron chi connectivity index (χ2n) is 7.19. The van der Waals surface area contributed by atoms with Gasteiger partial charge in [-0.1, -0.05) is 18.2 Å². The SMILES string of the molecule is CC(C)OC(=O)c1coc(CN(C2CC2)S2(=O)=CC(F)(F)c3ccccc32)n1. The molecule has 1 aliphatic carbocycles. The summed E-state index contributed by atoms with van der Waals surface area (Å²) in [6.45, 7) is 3.39. The molecule has 1 saturated carbocycles. The number of aromatic nitrogens is 1. The van der Waals surface area contributed by atoms with Crippen LogP contribution in [-0.4, -0.2) is 37.0 Å². The van der Waals surface area contributed by atoms with Crippen LogP contribution in [0.15, 0.2) is 39.8 Å². The number of hydrogen-bond acceptors (Lipinski definition) is 5. The van der Waals surface area contributed by atoms with Crippen LogP contribution in [-0.2, 0) is 26.9 Å². The number of ether oxygens (including phenoxy) is 1. The molecule has 0 bridgehead atoms. The number of nitrogens with zero attached hydrogens (tertiary/aromatic N) is 2. The van der Waals surface area contributed by atoms with Crippen LogP contribution >= 0.6 is 0 Å².